The van der Waals surface area contributed by atoms with E-state index in [4.69, 9.17) is 4.74 Å². The minimum Gasteiger partial charge on any atom is -0.508 e. The average Bonchev–Trinajstić information content (AvgIpc) is 2.59. The van der Waals surface area contributed by atoms with Crippen molar-refractivity contribution in [1.82, 2.24) is 5.32 Å². The minimum absolute atomic E-state index is 0.0647. The van der Waals surface area contributed by atoms with Crippen molar-refractivity contribution < 1.29 is 24.2 Å². The average molecular weight is 328 g/mol. The van der Waals surface area contributed by atoms with Crippen LogP contribution >= 0.6 is 0 Å². The zero-order valence-corrected chi connectivity index (χ0v) is 12.9. The van der Waals surface area contributed by atoms with Crippen molar-refractivity contribution >= 4 is 23.5 Å². The Hall–Kier alpha value is -3.35. The zero-order chi connectivity index (χ0) is 17.5. The predicted octanol–water partition coefficient (Wildman–Crippen LogP) is 1.55. The van der Waals surface area contributed by atoms with Gasteiger partial charge in [-0.05, 0) is 42.5 Å². The molecule has 0 aromatic heterocycles. The molecule has 0 saturated carbocycles. The first-order valence-electron chi connectivity index (χ1n) is 7.08. The molecule has 2 amide bonds. The van der Waals surface area contributed by atoms with Gasteiger partial charge in [-0.2, -0.15) is 0 Å². The van der Waals surface area contributed by atoms with E-state index in [1.165, 1.54) is 31.3 Å². The number of benzene rings is 2. The summed E-state index contributed by atoms with van der Waals surface area (Å²) in [5.74, 6) is -1.52. The number of hydrogen-bond donors (Lipinski definition) is 3. The van der Waals surface area contributed by atoms with Crippen LogP contribution in [0.15, 0.2) is 48.5 Å². The quantitative estimate of drug-likeness (QED) is 0.722. The molecule has 124 valence electrons. The number of rotatable bonds is 5. The molecule has 7 heteroatoms. The fraction of sp³-hybridized carbons (Fsp3) is 0.118. The fourth-order valence-electron chi connectivity index (χ4n) is 1.89. The summed E-state index contributed by atoms with van der Waals surface area (Å²) in [7, 11) is 1.53. The summed E-state index contributed by atoms with van der Waals surface area (Å²) in [5, 5.41) is 14.3. The molecule has 0 aliphatic carbocycles. The Morgan fingerprint density at radius 3 is 2.38 bits per heavy atom. The fourth-order valence-corrected chi connectivity index (χ4v) is 1.89. The third-order valence-electron chi connectivity index (χ3n) is 3.07. The summed E-state index contributed by atoms with van der Waals surface area (Å²) < 4.78 is 4.87. The number of esters is 1. The largest absolute Gasteiger partial charge is 0.508 e. The number of aromatic hydroxyl groups is 1. The van der Waals surface area contributed by atoms with E-state index in [1.54, 1.807) is 24.3 Å². The standard InChI is InChI=1S/C17H16N2O5/c1-18-16(22)11-5-7-13(8-6-11)19-15(21)10-24-17(23)12-3-2-4-14(20)9-12/h2-9,20H,10H2,1H3,(H,18,22)(H,19,21). The Morgan fingerprint density at radius 1 is 1.04 bits per heavy atom. The third kappa shape index (κ3) is 4.57. The van der Waals surface area contributed by atoms with Crippen LogP contribution in [-0.4, -0.2) is 36.5 Å². The maximum Gasteiger partial charge on any atom is 0.338 e. The van der Waals surface area contributed by atoms with E-state index in [0.717, 1.165) is 0 Å². The number of phenolic OH excluding ortho intramolecular Hbond substituents is 1. The molecule has 0 aliphatic rings. The van der Waals surface area contributed by atoms with Crippen LogP contribution < -0.4 is 10.6 Å². The lowest BCUT2D eigenvalue weighted by atomic mass is 10.2. The molecule has 0 bridgehead atoms. The first-order chi connectivity index (χ1) is 11.5. The van der Waals surface area contributed by atoms with Crippen LogP contribution in [0.3, 0.4) is 0 Å². The predicted molar refractivity (Wildman–Crippen MR) is 86.9 cm³/mol. The lowest BCUT2D eigenvalue weighted by Gasteiger charge is -2.07. The Bertz CT molecular complexity index is 756. The highest BCUT2D eigenvalue weighted by Gasteiger charge is 2.11. The van der Waals surface area contributed by atoms with Gasteiger partial charge in [-0.3, -0.25) is 9.59 Å². The molecule has 2 aromatic carbocycles. The lowest BCUT2D eigenvalue weighted by molar-refractivity contribution is -0.119. The maximum atomic E-state index is 11.8. The van der Waals surface area contributed by atoms with Gasteiger partial charge in [-0.1, -0.05) is 6.07 Å². The van der Waals surface area contributed by atoms with E-state index in [1.807, 2.05) is 0 Å². The second-order valence-electron chi connectivity index (χ2n) is 4.83. The molecule has 0 spiro atoms. The zero-order valence-electron chi connectivity index (χ0n) is 12.9. The van der Waals surface area contributed by atoms with Gasteiger partial charge in [0.15, 0.2) is 6.61 Å². The summed E-state index contributed by atoms with van der Waals surface area (Å²) in [6.45, 7) is -0.467. The summed E-state index contributed by atoms with van der Waals surface area (Å²) in [6, 6.07) is 11.9. The SMILES string of the molecule is CNC(=O)c1ccc(NC(=O)COC(=O)c2cccc(O)c2)cc1. The molecule has 0 saturated heterocycles. The molecule has 0 fully saturated rings. The Labute approximate surface area is 138 Å². The highest BCUT2D eigenvalue weighted by Crippen LogP contribution is 2.12. The number of nitrogens with one attached hydrogen (secondary N) is 2. The van der Waals surface area contributed by atoms with Gasteiger partial charge in [0, 0.05) is 18.3 Å². The van der Waals surface area contributed by atoms with Crippen molar-refractivity contribution in [3.8, 4) is 5.75 Å². The summed E-state index contributed by atoms with van der Waals surface area (Å²) in [5.41, 5.74) is 1.09. The van der Waals surface area contributed by atoms with Crippen molar-refractivity contribution in [3.05, 3.63) is 59.7 Å². The molecule has 0 aliphatic heterocycles. The van der Waals surface area contributed by atoms with Crippen LogP contribution in [0, 0.1) is 0 Å². The van der Waals surface area contributed by atoms with Crippen molar-refractivity contribution in [1.29, 1.82) is 0 Å². The normalized spacial score (nSPS) is 9.88. The van der Waals surface area contributed by atoms with E-state index in [2.05, 4.69) is 10.6 Å². The van der Waals surface area contributed by atoms with E-state index in [0.29, 0.717) is 11.3 Å². The third-order valence-corrected chi connectivity index (χ3v) is 3.07. The summed E-state index contributed by atoms with van der Waals surface area (Å²) in [6.07, 6.45) is 0. The van der Waals surface area contributed by atoms with Crippen LogP contribution in [0.5, 0.6) is 5.75 Å². The molecule has 7 nitrogen and oxygen atoms in total. The topological polar surface area (TPSA) is 105 Å². The molecule has 24 heavy (non-hydrogen) atoms. The number of carbonyl (C=O) groups excluding carboxylic acids is 3. The molecule has 2 rings (SSSR count). The van der Waals surface area contributed by atoms with Crippen LogP contribution in [0.2, 0.25) is 0 Å². The molecule has 0 heterocycles. The highest BCUT2D eigenvalue weighted by molar-refractivity contribution is 5.97. The molecule has 0 radical (unpaired) electrons. The van der Waals surface area contributed by atoms with E-state index in [-0.39, 0.29) is 17.2 Å². The van der Waals surface area contributed by atoms with Gasteiger partial charge in [0.1, 0.15) is 5.75 Å². The van der Waals surface area contributed by atoms with E-state index in [9.17, 15) is 19.5 Å². The minimum atomic E-state index is -0.712. The van der Waals surface area contributed by atoms with Gasteiger partial charge in [0.25, 0.3) is 11.8 Å². The highest BCUT2D eigenvalue weighted by atomic mass is 16.5. The molecule has 3 N–H and O–H groups in total. The first kappa shape index (κ1) is 17.0. The number of hydrogen-bond acceptors (Lipinski definition) is 5. The smallest absolute Gasteiger partial charge is 0.338 e. The van der Waals surface area contributed by atoms with Gasteiger partial charge in [0.05, 0.1) is 5.56 Å². The molecule has 2 aromatic rings. The van der Waals surface area contributed by atoms with Gasteiger partial charge in [0.2, 0.25) is 0 Å². The summed E-state index contributed by atoms with van der Waals surface area (Å²) in [4.78, 5) is 34.9. The molecule has 0 atom stereocenters. The second-order valence-corrected chi connectivity index (χ2v) is 4.83. The van der Waals surface area contributed by atoms with E-state index < -0.39 is 18.5 Å². The van der Waals surface area contributed by atoms with Crippen LogP contribution in [0.25, 0.3) is 0 Å². The van der Waals surface area contributed by atoms with Crippen LogP contribution in [0.1, 0.15) is 20.7 Å². The first-order valence-corrected chi connectivity index (χ1v) is 7.08. The lowest BCUT2D eigenvalue weighted by Crippen LogP contribution is -2.21. The number of amides is 2. The van der Waals surface area contributed by atoms with Gasteiger partial charge in [-0.15, -0.1) is 0 Å². The number of anilines is 1. The number of phenols is 1. The number of ether oxygens (including phenoxy) is 1. The molecular weight excluding hydrogens is 312 g/mol. The monoisotopic (exact) mass is 328 g/mol. The van der Waals surface area contributed by atoms with Gasteiger partial charge in [-0.25, -0.2) is 4.79 Å². The van der Waals surface area contributed by atoms with Crippen molar-refractivity contribution in [2.45, 2.75) is 0 Å². The Balaban J connectivity index is 1.87. The van der Waals surface area contributed by atoms with Crippen LogP contribution in [0.4, 0.5) is 5.69 Å². The molecule has 0 unspecified atom stereocenters. The van der Waals surface area contributed by atoms with Crippen molar-refractivity contribution in [3.63, 3.8) is 0 Å². The Kier molecular flexibility index (Phi) is 5.51. The maximum absolute atomic E-state index is 11.8. The number of carbonyl (C=O) groups is 3. The second kappa shape index (κ2) is 7.77. The van der Waals surface area contributed by atoms with Gasteiger partial charge >= 0.3 is 5.97 Å². The van der Waals surface area contributed by atoms with Crippen molar-refractivity contribution in [2.75, 3.05) is 19.0 Å². The van der Waals surface area contributed by atoms with E-state index >= 15 is 0 Å². The Morgan fingerprint density at radius 2 is 1.75 bits per heavy atom. The summed E-state index contributed by atoms with van der Waals surface area (Å²) >= 11 is 0. The van der Waals surface area contributed by atoms with Crippen molar-refractivity contribution in [2.24, 2.45) is 0 Å². The van der Waals surface area contributed by atoms with Gasteiger partial charge < -0.3 is 20.5 Å². The molecular formula is C17H16N2O5. The van der Waals surface area contributed by atoms with Crippen LogP contribution in [-0.2, 0) is 9.53 Å².